The zero-order valence-corrected chi connectivity index (χ0v) is 17.1. The van der Waals surface area contributed by atoms with Crippen molar-refractivity contribution in [3.8, 4) is 0 Å². The summed E-state index contributed by atoms with van der Waals surface area (Å²) in [6.45, 7) is 3.55. The fourth-order valence-corrected chi connectivity index (χ4v) is 4.43. The van der Waals surface area contributed by atoms with Crippen LogP contribution in [0, 0.1) is 0 Å². The summed E-state index contributed by atoms with van der Waals surface area (Å²) in [7, 11) is 0. The van der Waals surface area contributed by atoms with Gasteiger partial charge in [-0.3, -0.25) is 0 Å². The van der Waals surface area contributed by atoms with Crippen LogP contribution in [0.4, 0.5) is 5.69 Å². The van der Waals surface area contributed by atoms with Gasteiger partial charge in [0.05, 0.1) is 12.1 Å². The molecule has 3 atom stereocenters. The van der Waals surface area contributed by atoms with Gasteiger partial charge in [-0.2, -0.15) is 0 Å². The van der Waals surface area contributed by atoms with Crippen molar-refractivity contribution in [2.45, 2.75) is 63.2 Å². The van der Waals surface area contributed by atoms with Crippen LogP contribution < -0.4 is 11.1 Å². The van der Waals surface area contributed by atoms with E-state index in [1.165, 1.54) is 24.0 Å². The molecule has 3 unspecified atom stereocenters. The van der Waals surface area contributed by atoms with Crippen molar-refractivity contribution in [3.63, 3.8) is 0 Å². The number of halogens is 1. The summed E-state index contributed by atoms with van der Waals surface area (Å²) in [5, 5.41) is 3.26. The lowest BCUT2D eigenvalue weighted by molar-refractivity contribution is -0.188. The van der Waals surface area contributed by atoms with Crippen LogP contribution in [0.15, 0.2) is 23.2 Å². The molecule has 0 bridgehead atoms. The van der Waals surface area contributed by atoms with Gasteiger partial charge in [0.15, 0.2) is 5.96 Å². The lowest BCUT2D eigenvalue weighted by atomic mass is 9.70. The van der Waals surface area contributed by atoms with E-state index >= 15 is 0 Å². The number of fused-ring (bicyclic) bond motifs is 1. The first-order valence-electron chi connectivity index (χ1n) is 9.19. The van der Waals surface area contributed by atoms with Gasteiger partial charge in [0.1, 0.15) is 5.60 Å². The summed E-state index contributed by atoms with van der Waals surface area (Å²) in [4.78, 5) is 4.72. The molecule has 1 saturated carbocycles. The van der Waals surface area contributed by atoms with Crippen LogP contribution in [-0.2, 0) is 22.3 Å². The first-order valence-corrected chi connectivity index (χ1v) is 9.19. The Morgan fingerprint density at radius 2 is 2.20 bits per heavy atom. The average Bonchev–Trinajstić information content (AvgIpc) is 3.24. The first kappa shape index (κ1) is 18.9. The van der Waals surface area contributed by atoms with Crippen molar-refractivity contribution in [1.82, 2.24) is 0 Å². The van der Waals surface area contributed by atoms with E-state index in [1.807, 2.05) is 6.92 Å². The zero-order chi connectivity index (χ0) is 16.6. The zero-order valence-electron chi connectivity index (χ0n) is 14.8. The number of benzene rings is 1. The van der Waals surface area contributed by atoms with Crippen LogP contribution in [0.5, 0.6) is 0 Å². The number of hydrogen-bond acceptors (Lipinski definition) is 3. The summed E-state index contributed by atoms with van der Waals surface area (Å²) >= 11 is 0. The Balaban J connectivity index is 0.00000182. The first-order chi connectivity index (χ1) is 11.7. The van der Waals surface area contributed by atoms with Crippen molar-refractivity contribution < 1.29 is 9.47 Å². The molecule has 1 aromatic carbocycles. The third kappa shape index (κ3) is 3.53. The number of nitrogens with two attached hydrogens (primary N) is 1. The van der Waals surface area contributed by atoms with Gasteiger partial charge in [0, 0.05) is 25.3 Å². The van der Waals surface area contributed by atoms with E-state index in [-0.39, 0.29) is 41.7 Å². The van der Waals surface area contributed by atoms with Gasteiger partial charge in [0.2, 0.25) is 0 Å². The van der Waals surface area contributed by atoms with Crippen molar-refractivity contribution in [1.29, 1.82) is 0 Å². The molecule has 25 heavy (non-hydrogen) atoms. The van der Waals surface area contributed by atoms with Crippen molar-refractivity contribution in [2.75, 3.05) is 18.5 Å². The molecule has 1 spiro atoms. The fraction of sp³-hybridized carbons (Fsp3) is 0.632. The van der Waals surface area contributed by atoms with Crippen LogP contribution in [0.3, 0.4) is 0 Å². The monoisotopic (exact) mass is 457 g/mol. The van der Waals surface area contributed by atoms with E-state index in [1.54, 1.807) is 0 Å². The minimum absolute atomic E-state index is 0. The minimum atomic E-state index is -0.250. The van der Waals surface area contributed by atoms with E-state index in [0.29, 0.717) is 5.96 Å². The summed E-state index contributed by atoms with van der Waals surface area (Å²) in [5.41, 5.74) is 9.85. The lowest BCUT2D eigenvalue weighted by Gasteiger charge is -2.50. The predicted octanol–water partition coefficient (Wildman–Crippen LogP) is 3.25. The second-order valence-electron chi connectivity index (χ2n) is 7.08. The highest BCUT2D eigenvalue weighted by Gasteiger charge is 2.59. The van der Waals surface area contributed by atoms with E-state index in [4.69, 9.17) is 20.2 Å². The number of rotatable bonds is 4. The predicted molar refractivity (Wildman–Crippen MR) is 111 cm³/mol. The van der Waals surface area contributed by atoms with Gasteiger partial charge in [-0.15, -0.1) is 24.0 Å². The largest absolute Gasteiger partial charge is 0.375 e. The van der Waals surface area contributed by atoms with Crippen LogP contribution in [0.1, 0.15) is 43.7 Å². The number of hydrogen-bond donors (Lipinski definition) is 2. The van der Waals surface area contributed by atoms with E-state index in [2.05, 4.69) is 23.5 Å². The maximum absolute atomic E-state index is 6.17. The Morgan fingerprint density at radius 3 is 2.96 bits per heavy atom. The fourth-order valence-electron chi connectivity index (χ4n) is 4.43. The smallest absolute Gasteiger partial charge is 0.193 e. The number of ether oxygens (including phenoxy) is 2. The van der Waals surface area contributed by atoms with E-state index in [9.17, 15) is 0 Å². The molecule has 6 heteroatoms. The molecular weight excluding hydrogens is 429 g/mol. The van der Waals surface area contributed by atoms with Gasteiger partial charge in [-0.1, -0.05) is 6.07 Å². The third-order valence-electron chi connectivity index (χ3n) is 5.66. The number of nitrogens with zero attached hydrogens (tertiary/aromatic N) is 1. The Kier molecular flexibility index (Phi) is 5.90. The maximum atomic E-state index is 6.17. The normalized spacial score (nSPS) is 30.7. The second-order valence-corrected chi connectivity index (χ2v) is 7.08. The van der Waals surface area contributed by atoms with Crippen LogP contribution >= 0.6 is 24.0 Å². The SMILES string of the molecule is CCOC1CC(N=C(N)Nc2ccc3c(c2)CCC3)C12CCCO2.I. The quantitative estimate of drug-likeness (QED) is 0.414. The Hall–Kier alpha value is -0.860. The highest BCUT2D eigenvalue weighted by Crippen LogP contribution is 2.47. The molecule has 5 nitrogen and oxygen atoms in total. The molecule has 1 aliphatic heterocycles. The molecule has 3 aliphatic rings. The van der Waals surface area contributed by atoms with Gasteiger partial charge in [-0.25, -0.2) is 4.99 Å². The standard InChI is InChI=1S/C19H27N3O2.HI/c1-2-23-17-12-16(19(17)9-4-10-24-19)22-18(20)21-15-8-7-13-5-3-6-14(13)11-15;/h7-8,11,16-17H,2-6,9-10,12H2,1H3,(H3,20,21,22);1H. The number of nitrogens with one attached hydrogen (secondary N) is 1. The molecule has 0 radical (unpaired) electrons. The molecule has 0 aromatic heterocycles. The summed E-state index contributed by atoms with van der Waals surface area (Å²) in [6, 6.07) is 6.60. The highest BCUT2D eigenvalue weighted by molar-refractivity contribution is 14.0. The molecule has 1 heterocycles. The van der Waals surface area contributed by atoms with Gasteiger partial charge < -0.3 is 20.5 Å². The summed E-state index contributed by atoms with van der Waals surface area (Å²) in [5.74, 6) is 0.475. The highest BCUT2D eigenvalue weighted by atomic mass is 127. The Bertz CT molecular complexity index is 644. The van der Waals surface area contributed by atoms with Crippen molar-refractivity contribution in [2.24, 2.45) is 10.7 Å². The average molecular weight is 457 g/mol. The third-order valence-corrected chi connectivity index (χ3v) is 5.66. The van der Waals surface area contributed by atoms with Crippen LogP contribution in [-0.4, -0.2) is 36.9 Å². The molecule has 2 fully saturated rings. The molecule has 1 aromatic rings. The summed E-state index contributed by atoms with van der Waals surface area (Å²) < 4.78 is 11.9. The van der Waals surface area contributed by atoms with Crippen LogP contribution in [0.25, 0.3) is 0 Å². The van der Waals surface area contributed by atoms with Gasteiger partial charge in [-0.05, 0) is 62.3 Å². The molecule has 3 N–H and O–H groups in total. The molecule has 2 aliphatic carbocycles. The van der Waals surface area contributed by atoms with Gasteiger partial charge >= 0.3 is 0 Å². The van der Waals surface area contributed by atoms with Gasteiger partial charge in [0.25, 0.3) is 0 Å². The van der Waals surface area contributed by atoms with E-state index in [0.717, 1.165) is 44.6 Å². The van der Waals surface area contributed by atoms with Crippen molar-refractivity contribution >= 4 is 35.6 Å². The second kappa shape index (κ2) is 7.80. The Morgan fingerprint density at radius 1 is 1.36 bits per heavy atom. The molecular formula is C19H28IN3O2. The molecule has 4 rings (SSSR count). The molecule has 1 saturated heterocycles. The minimum Gasteiger partial charge on any atom is -0.375 e. The number of aryl methyl sites for hydroxylation is 2. The molecule has 0 amide bonds. The Labute approximate surface area is 166 Å². The topological polar surface area (TPSA) is 68.9 Å². The van der Waals surface area contributed by atoms with Crippen LogP contribution in [0.2, 0.25) is 0 Å². The summed E-state index contributed by atoms with van der Waals surface area (Å²) in [6.07, 6.45) is 6.75. The lowest BCUT2D eigenvalue weighted by Crippen LogP contribution is -2.63. The van der Waals surface area contributed by atoms with Crippen molar-refractivity contribution in [3.05, 3.63) is 29.3 Å². The maximum Gasteiger partial charge on any atom is 0.193 e. The number of aliphatic imine (C=N–C) groups is 1. The number of guanidine groups is 1. The molecule has 138 valence electrons. The number of anilines is 1. The van der Waals surface area contributed by atoms with E-state index < -0.39 is 0 Å².